The Bertz CT molecular complexity index is 1330. The average Bonchev–Trinajstić information content (AvgIpc) is 3.18. The molecule has 0 unspecified atom stereocenters. The predicted octanol–water partition coefficient (Wildman–Crippen LogP) is 5.28. The van der Waals surface area contributed by atoms with E-state index < -0.39 is 4.92 Å². The van der Waals surface area contributed by atoms with Gasteiger partial charge in [0.25, 0.3) is 11.6 Å². The van der Waals surface area contributed by atoms with Crippen LogP contribution in [-0.4, -0.2) is 22.9 Å². The third kappa shape index (κ3) is 3.95. The Balaban J connectivity index is 1.63. The van der Waals surface area contributed by atoms with E-state index in [4.69, 9.17) is 9.15 Å². The van der Waals surface area contributed by atoms with Crippen LogP contribution in [0.25, 0.3) is 22.6 Å². The molecular formula is C23H19N3O5. The zero-order valence-electron chi connectivity index (χ0n) is 17.1. The second kappa shape index (κ2) is 7.91. The van der Waals surface area contributed by atoms with Crippen LogP contribution in [0.2, 0.25) is 0 Å². The van der Waals surface area contributed by atoms with E-state index in [9.17, 15) is 14.9 Å². The van der Waals surface area contributed by atoms with Gasteiger partial charge in [-0.05, 0) is 55.8 Å². The summed E-state index contributed by atoms with van der Waals surface area (Å²) in [7, 11) is 1.59. The van der Waals surface area contributed by atoms with Crippen LogP contribution in [-0.2, 0) is 0 Å². The van der Waals surface area contributed by atoms with Crippen molar-refractivity contribution in [2.45, 2.75) is 13.8 Å². The van der Waals surface area contributed by atoms with E-state index in [0.29, 0.717) is 45.1 Å². The number of amides is 1. The third-order valence-electron chi connectivity index (χ3n) is 4.98. The van der Waals surface area contributed by atoms with Gasteiger partial charge in [-0.25, -0.2) is 4.98 Å². The van der Waals surface area contributed by atoms with Gasteiger partial charge >= 0.3 is 0 Å². The Morgan fingerprint density at radius 2 is 1.87 bits per heavy atom. The third-order valence-corrected chi connectivity index (χ3v) is 4.98. The van der Waals surface area contributed by atoms with Crippen LogP contribution in [0.3, 0.4) is 0 Å². The molecule has 0 radical (unpaired) electrons. The second-order valence-electron chi connectivity index (χ2n) is 7.09. The van der Waals surface area contributed by atoms with Crippen LogP contribution in [0.1, 0.15) is 21.5 Å². The maximum atomic E-state index is 12.7. The maximum absolute atomic E-state index is 12.7. The summed E-state index contributed by atoms with van der Waals surface area (Å²) in [6.45, 7) is 3.47. The van der Waals surface area contributed by atoms with Gasteiger partial charge in [-0.15, -0.1) is 0 Å². The molecule has 1 aromatic heterocycles. The van der Waals surface area contributed by atoms with Gasteiger partial charge in [0.1, 0.15) is 11.3 Å². The number of aromatic nitrogens is 1. The number of nitro benzene ring substituents is 1. The molecule has 0 aliphatic heterocycles. The van der Waals surface area contributed by atoms with E-state index in [1.54, 1.807) is 38.3 Å². The molecule has 0 bridgehead atoms. The highest BCUT2D eigenvalue weighted by atomic mass is 16.6. The van der Waals surface area contributed by atoms with Crippen molar-refractivity contribution < 1.29 is 18.9 Å². The molecule has 8 nitrogen and oxygen atoms in total. The van der Waals surface area contributed by atoms with Crippen molar-refractivity contribution in [3.05, 3.63) is 81.4 Å². The SMILES string of the molecule is COc1ccc2oc(-c3ccc(C)c(NC(=O)c4ccc([N+](=O)[O-])c(C)c4)c3)nc2c1. The fraction of sp³-hybridized carbons (Fsp3) is 0.130. The average molecular weight is 417 g/mol. The molecular weight excluding hydrogens is 398 g/mol. The number of anilines is 1. The van der Waals surface area contributed by atoms with Crippen molar-refractivity contribution >= 4 is 28.4 Å². The smallest absolute Gasteiger partial charge is 0.272 e. The molecule has 8 heteroatoms. The number of rotatable bonds is 5. The Morgan fingerprint density at radius 1 is 1.06 bits per heavy atom. The number of hydrogen-bond donors (Lipinski definition) is 1. The molecule has 3 aromatic carbocycles. The van der Waals surface area contributed by atoms with Crippen LogP contribution < -0.4 is 10.1 Å². The number of oxazole rings is 1. The summed E-state index contributed by atoms with van der Waals surface area (Å²) in [5, 5.41) is 13.9. The summed E-state index contributed by atoms with van der Waals surface area (Å²) >= 11 is 0. The minimum Gasteiger partial charge on any atom is -0.497 e. The van der Waals surface area contributed by atoms with E-state index in [1.807, 2.05) is 19.1 Å². The van der Waals surface area contributed by atoms with Gasteiger partial charge in [0.15, 0.2) is 5.58 Å². The van der Waals surface area contributed by atoms with Gasteiger partial charge in [-0.2, -0.15) is 0 Å². The number of benzene rings is 3. The summed E-state index contributed by atoms with van der Waals surface area (Å²) in [6.07, 6.45) is 0. The molecule has 0 fully saturated rings. The Kier molecular flexibility index (Phi) is 5.12. The topological polar surface area (TPSA) is 108 Å². The summed E-state index contributed by atoms with van der Waals surface area (Å²) in [5.41, 5.74) is 4.18. The van der Waals surface area contributed by atoms with Gasteiger partial charge in [-0.3, -0.25) is 14.9 Å². The number of ether oxygens (including phenoxy) is 1. The van der Waals surface area contributed by atoms with Crippen molar-refractivity contribution in [1.82, 2.24) is 4.98 Å². The number of hydrogen-bond acceptors (Lipinski definition) is 6. The van der Waals surface area contributed by atoms with Crippen molar-refractivity contribution in [1.29, 1.82) is 0 Å². The largest absolute Gasteiger partial charge is 0.497 e. The lowest BCUT2D eigenvalue weighted by Gasteiger charge is -2.10. The molecule has 31 heavy (non-hydrogen) atoms. The maximum Gasteiger partial charge on any atom is 0.272 e. The van der Waals surface area contributed by atoms with Gasteiger partial charge in [0.2, 0.25) is 5.89 Å². The standard InChI is InChI=1S/C23H19N3O5/c1-13-4-5-16(23-25-19-12-17(30-3)7-9-21(19)31-23)11-18(13)24-22(27)15-6-8-20(26(28)29)14(2)10-15/h4-12H,1-3H3,(H,24,27). The van der Waals surface area contributed by atoms with Gasteiger partial charge < -0.3 is 14.5 Å². The molecule has 0 saturated carbocycles. The zero-order valence-corrected chi connectivity index (χ0v) is 17.1. The number of fused-ring (bicyclic) bond motifs is 1. The highest BCUT2D eigenvalue weighted by Crippen LogP contribution is 2.30. The number of aryl methyl sites for hydroxylation is 2. The van der Waals surface area contributed by atoms with E-state index in [1.165, 1.54) is 18.2 Å². The quantitative estimate of drug-likeness (QED) is 0.350. The van der Waals surface area contributed by atoms with Crippen LogP contribution in [0, 0.1) is 24.0 Å². The minimum absolute atomic E-state index is 0.0256. The van der Waals surface area contributed by atoms with Crippen molar-refractivity contribution in [2.75, 3.05) is 12.4 Å². The first-order chi connectivity index (χ1) is 14.9. The van der Waals surface area contributed by atoms with Gasteiger partial charge in [0, 0.05) is 34.5 Å². The van der Waals surface area contributed by atoms with Crippen LogP contribution in [0.15, 0.2) is 59.0 Å². The first-order valence-electron chi connectivity index (χ1n) is 9.47. The first kappa shape index (κ1) is 20.1. The molecule has 0 spiro atoms. The minimum atomic E-state index is -0.472. The molecule has 4 rings (SSSR count). The lowest BCUT2D eigenvalue weighted by atomic mass is 10.1. The highest BCUT2D eigenvalue weighted by molar-refractivity contribution is 6.05. The van der Waals surface area contributed by atoms with Crippen molar-refractivity contribution in [3.8, 4) is 17.2 Å². The molecule has 1 heterocycles. The predicted molar refractivity (Wildman–Crippen MR) is 117 cm³/mol. The number of nitrogens with zero attached hydrogens (tertiary/aromatic N) is 2. The zero-order chi connectivity index (χ0) is 22.1. The normalized spacial score (nSPS) is 10.8. The lowest BCUT2D eigenvalue weighted by molar-refractivity contribution is -0.385. The molecule has 0 aliphatic carbocycles. The van der Waals surface area contributed by atoms with Gasteiger partial charge in [0.05, 0.1) is 12.0 Å². The Labute approximate surface area is 177 Å². The fourth-order valence-electron chi connectivity index (χ4n) is 3.24. The summed E-state index contributed by atoms with van der Waals surface area (Å²) in [6, 6.07) is 15.2. The summed E-state index contributed by atoms with van der Waals surface area (Å²) < 4.78 is 11.1. The molecule has 0 saturated heterocycles. The second-order valence-corrected chi connectivity index (χ2v) is 7.09. The summed E-state index contributed by atoms with van der Waals surface area (Å²) in [5.74, 6) is 0.744. The molecule has 4 aromatic rings. The van der Waals surface area contributed by atoms with E-state index in [2.05, 4.69) is 10.3 Å². The fourth-order valence-corrected chi connectivity index (χ4v) is 3.24. The number of nitro groups is 1. The van der Waals surface area contributed by atoms with E-state index in [-0.39, 0.29) is 11.6 Å². The molecule has 1 amide bonds. The summed E-state index contributed by atoms with van der Waals surface area (Å²) in [4.78, 5) is 27.8. The van der Waals surface area contributed by atoms with Gasteiger partial charge in [-0.1, -0.05) is 6.07 Å². The highest BCUT2D eigenvalue weighted by Gasteiger charge is 2.16. The number of methoxy groups -OCH3 is 1. The first-order valence-corrected chi connectivity index (χ1v) is 9.47. The number of nitrogens with one attached hydrogen (secondary N) is 1. The lowest BCUT2D eigenvalue weighted by Crippen LogP contribution is -2.13. The molecule has 1 N–H and O–H groups in total. The van der Waals surface area contributed by atoms with Crippen LogP contribution >= 0.6 is 0 Å². The van der Waals surface area contributed by atoms with Crippen LogP contribution in [0.5, 0.6) is 5.75 Å². The molecule has 156 valence electrons. The number of carbonyl (C=O) groups is 1. The Hall–Kier alpha value is -4.20. The van der Waals surface area contributed by atoms with Crippen LogP contribution in [0.4, 0.5) is 11.4 Å². The van der Waals surface area contributed by atoms with Crippen molar-refractivity contribution in [2.24, 2.45) is 0 Å². The van der Waals surface area contributed by atoms with Crippen molar-refractivity contribution in [3.63, 3.8) is 0 Å². The molecule has 0 aliphatic rings. The van der Waals surface area contributed by atoms with E-state index in [0.717, 1.165) is 5.56 Å². The Morgan fingerprint density at radius 3 is 2.58 bits per heavy atom. The van der Waals surface area contributed by atoms with E-state index >= 15 is 0 Å². The monoisotopic (exact) mass is 417 g/mol. The molecule has 0 atom stereocenters. The number of carbonyl (C=O) groups excluding carboxylic acids is 1.